The Balaban J connectivity index is 1.62. The summed E-state index contributed by atoms with van der Waals surface area (Å²) in [6, 6.07) is 4.56. The molecule has 0 radical (unpaired) electrons. The average molecular weight is 433 g/mol. The van der Waals surface area contributed by atoms with E-state index in [1.165, 1.54) is 11.0 Å². The Labute approximate surface area is 174 Å². The van der Waals surface area contributed by atoms with Crippen LogP contribution in [0.2, 0.25) is 0 Å². The first kappa shape index (κ1) is 20.6. The van der Waals surface area contributed by atoms with Crippen LogP contribution in [0.15, 0.2) is 36.8 Å². The molecule has 31 heavy (non-hydrogen) atoms. The van der Waals surface area contributed by atoms with Gasteiger partial charge < -0.3 is 19.5 Å². The van der Waals surface area contributed by atoms with Crippen molar-refractivity contribution in [3.05, 3.63) is 42.4 Å². The Morgan fingerprint density at radius 3 is 2.61 bits per heavy atom. The summed E-state index contributed by atoms with van der Waals surface area (Å²) in [5.41, 5.74) is 0.619. The quantitative estimate of drug-likeness (QED) is 0.682. The van der Waals surface area contributed by atoms with Gasteiger partial charge in [-0.05, 0) is 12.5 Å². The zero-order chi connectivity index (χ0) is 22.3. The number of rotatable bonds is 4. The first-order valence-corrected chi connectivity index (χ1v) is 9.36. The lowest BCUT2D eigenvalue weighted by Gasteiger charge is -2.19. The Morgan fingerprint density at radius 1 is 1.23 bits per heavy atom. The number of likely N-dealkylation sites (tertiary alicyclic amines) is 1. The summed E-state index contributed by atoms with van der Waals surface area (Å²) < 4.78 is 45.5. The van der Waals surface area contributed by atoms with Crippen molar-refractivity contribution in [1.82, 2.24) is 19.4 Å². The predicted molar refractivity (Wildman–Crippen MR) is 104 cm³/mol. The molecule has 3 heterocycles. The summed E-state index contributed by atoms with van der Waals surface area (Å²) in [5.74, 6) is -0.235. The van der Waals surface area contributed by atoms with E-state index in [-0.39, 0.29) is 23.4 Å². The third kappa shape index (κ3) is 4.03. The summed E-state index contributed by atoms with van der Waals surface area (Å²) in [6.07, 6.45) is -1.53. The molecular weight excluding hydrogens is 415 g/mol. The second-order valence-electron chi connectivity index (χ2n) is 7.23. The first-order chi connectivity index (χ1) is 14.6. The van der Waals surface area contributed by atoms with Crippen LogP contribution in [0.25, 0.3) is 11.0 Å². The van der Waals surface area contributed by atoms with E-state index in [9.17, 15) is 22.8 Å². The van der Waals surface area contributed by atoms with Gasteiger partial charge in [0.25, 0.3) is 0 Å². The van der Waals surface area contributed by atoms with Crippen molar-refractivity contribution in [3.63, 3.8) is 0 Å². The van der Waals surface area contributed by atoms with Gasteiger partial charge in [0.1, 0.15) is 17.3 Å². The molecule has 11 heteroatoms. The van der Waals surface area contributed by atoms with Gasteiger partial charge in [-0.3, -0.25) is 9.59 Å². The number of benzene rings is 1. The zero-order valence-corrected chi connectivity index (χ0v) is 16.6. The lowest BCUT2D eigenvalue weighted by Crippen LogP contribution is -2.38. The van der Waals surface area contributed by atoms with E-state index in [0.29, 0.717) is 35.8 Å². The fraction of sp³-hybridized carbons (Fsp3) is 0.300. The number of fused-ring (bicyclic) bond motifs is 1. The second-order valence-corrected chi connectivity index (χ2v) is 7.23. The molecule has 1 aromatic carbocycles. The number of hydrogen-bond donors (Lipinski definition) is 1. The molecule has 162 valence electrons. The van der Waals surface area contributed by atoms with Crippen LogP contribution < -0.4 is 10.1 Å². The molecule has 3 aromatic rings. The van der Waals surface area contributed by atoms with Crippen molar-refractivity contribution in [2.24, 2.45) is 7.05 Å². The number of amides is 2. The molecule has 0 bridgehead atoms. The average Bonchev–Trinajstić information content (AvgIpc) is 3.24. The van der Waals surface area contributed by atoms with Gasteiger partial charge in [0, 0.05) is 44.9 Å². The number of likely N-dealkylation sites (N-methyl/N-ethyl adjacent to an activating group) is 1. The maximum absolute atomic E-state index is 12.7. The maximum Gasteiger partial charge on any atom is 0.417 e. The largest absolute Gasteiger partial charge is 0.439 e. The molecule has 1 atom stereocenters. The molecule has 1 aliphatic rings. The van der Waals surface area contributed by atoms with E-state index in [0.717, 1.165) is 12.1 Å². The number of ether oxygens (including phenoxy) is 1. The Hall–Kier alpha value is -3.63. The molecule has 2 amide bonds. The van der Waals surface area contributed by atoms with Crippen LogP contribution in [0.5, 0.6) is 11.6 Å². The van der Waals surface area contributed by atoms with Gasteiger partial charge in [-0.25, -0.2) is 9.97 Å². The molecule has 8 nitrogen and oxygen atoms in total. The number of alkyl halides is 3. The minimum absolute atomic E-state index is 0.0343. The van der Waals surface area contributed by atoms with E-state index in [1.54, 1.807) is 31.1 Å². The van der Waals surface area contributed by atoms with E-state index in [1.807, 2.05) is 0 Å². The second kappa shape index (κ2) is 7.56. The third-order valence-electron chi connectivity index (χ3n) is 5.14. The van der Waals surface area contributed by atoms with Gasteiger partial charge in [-0.1, -0.05) is 0 Å². The number of carbonyl (C=O) groups is 2. The SMILES string of the molecule is CN1C(=O)CCC1C(=O)Nc1cc(Oc2ccc(C(F)(F)F)cn2)cc2c1ncn2C. The van der Waals surface area contributed by atoms with Crippen molar-refractivity contribution in [1.29, 1.82) is 0 Å². The lowest BCUT2D eigenvalue weighted by molar-refractivity contribution is -0.137. The van der Waals surface area contributed by atoms with Gasteiger partial charge in [0.05, 0.1) is 23.1 Å². The number of pyridine rings is 1. The van der Waals surface area contributed by atoms with Crippen LogP contribution in [0.3, 0.4) is 0 Å². The number of nitrogens with one attached hydrogen (secondary N) is 1. The topological polar surface area (TPSA) is 89.3 Å². The zero-order valence-electron chi connectivity index (χ0n) is 16.6. The monoisotopic (exact) mass is 433 g/mol. The molecule has 1 aliphatic heterocycles. The fourth-order valence-electron chi connectivity index (χ4n) is 3.41. The Bertz CT molecular complexity index is 1160. The summed E-state index contributed by atoms with van der Waals surface area (Å²) >= 11 is 0. The maximum atomic E-state index is 12.7. The minimum Gasteiger partial charge on any atom is -0.439 e. The predicted octanol–water partition coefficient (Wildman–Crippen LogP) is 3.34. The van der Waals surface area contributed by atoms with Gasteiger partial charge in [-0.2, -0.15) is 13.2 Å². The molecule has 2 aromatic heterocycles. The van der Waals surface area contributed by atoms with Gasteiger partial charge in [-0.15, -0.1) is 0 Å². The summed E-state index contributed by atoms with van der Waals surface area (Å²) in [7, 11) is 3.33. The van der Waals surface area contributed by atoms with Crippen LogP contribution in [0, 0.1) is 0 Å². The van der Waals surface area contributed by atoms with Crippen molar-refractivity contribution in [2.75, 3.05) is 12.4 Å². The van der Waals surface area contributed by atoms with Gasteiger partial charge in [0.2, 0.25) is 17.7 Å². The molecular formula is C20H18F3N5O3. The smallest absolute Gasteiger partial charge is 0.417 e. The molecule has 0 spiro atoms. The van der Waals surface area contributed by atoms with Crippen LogP contribution in [0.4, 0.5) is 18.9 Å². The molecule has 1 unspecified atom stereocenters. The number of nitrogens with zero attached hydrogens (tertiary/aromatic N) is 4. The first-order valence-electron chi connectivity index (χ1n) is 9.36. The van der Waals surface area contributed by atoms with E-state index in [2.05, 4.69) is 15.3 Å². The number of aromatic nitrogens is 3. The lowest BCUT2D eigenvalue weighted by atomic mass is 10.2. The molecule has 1 fully saturated rings. The van der Waals surface area contributed by atoms with E-state index < -0.39 is 17.8 Å². The van der Waals surface area contributed by atoms with Crippen LogP contribution in [0.1, 0.15) is 18.4 Å². The molecule has 1 N–H and O–H groups in total. The highest BCUT2D eigenvalue weighted by Gasteiger charge is 2.33. The standard InChI is InChI=1S/C20H18F3N5O3/c1-27-10-25-18-13(26-19(30)14-4-6-17(29)28(14)2)7-12(8-15(18)27)31-16-5-3-11(9-24-16)20(21,22)23/h3,5,7-10,14H,4,6H2,1-2H3,(H,26,30). The van der Waals surface area contributed by atoms with Crippen molar-refractivity contribution >= 4 is 28.5 Å². The number of carbonyl (C=O) groups excluding carboxylic acids is 2. The molecule has 4 rings (SSSR count). The van der Waals surface area contributed by atoms with Crippen molar-refractivity contribution < 1.29 is 27.5 Å². The number of imidazole rings is 1. The Morgan fingerprint density at radius 2 is 2.00 bits per heavy atom. The van der Waals surface area contributed by atoms with E-state index in [4.69, 9.17) is 4.74 Å². The van der Waals surface area contributed by atoms with E-state index >= 15 is 0 Å². The van der Waals surface area contributed by atoms with Crippen molar-refractivity contribution in [3.8, 4) is 11.6 Å². The fourth-order valence-corrected chi connectivity index (χ4v) is 3.41. The minimum atomic E-state index is -4.49. The van der Waals surface area contributed by atoms with Crippen LogP contribution in [-0.4, -0.2) is 44.3 Å². The van der Waals surface area contributed by atoms with Crippen molar-refractivity contribution in [2.45, 2.75) is 25.1 Å². The highest BCUT2D eigenvalue weighted by Crippen LogP contribution is 2.33. The van der Waals surface area contributed by atoms with Gasteiger partial charge in [0.15, 0.2) is 0 Å². The summed E-state index contributed by atoms with van der Waals surface area (Å²) in [5, 5.41) is 2.79. The highest BCUT2D eigenvalue weighted by atomic mass is 19.4. The van der Waals surface area contributed by atoms with Crippen LogP contribution in [-0.2, 0) is 22.8 Å². The third-order valence-corrected chi connectivity index (χ3v) is 5.14. The highest BCUT2D eigenvalue weighted by molar-refractivity contribution is 6.04. The number of aryl methyl sites for hydroxylation is 1. The molecule has 0 saturated carbocycles. The van der Waals surface area contributed by atoms with Gasteiger partial charge >= 0.3 is 6.18 Å². The number of anilines is 1. The number of hydrogen-bond acceptors (Lipinski definition) is 5. The van der Waals surface area contributed by atoms with Crippen LogP contribution >= 0.6 is 0 Å². The Kier molecular flexibility index (Phi) is 5.03. The molecule has 1 saturated heterocycles. The summed E-state index contributed by atoms with van der Waals surface area (Å²) in [6.45, 7) is 0. The molecule has 0 aliphatic carbocycles. The normalized spacial score (nSPS) is 16.7. The number of halogens is 3. The summed E-state index contributed by atoms with van der Waals surface area (Å²) in [4.78, 5) is 33.9.